The van der Waals surface area contributed by atoms with Crippen molar-refractivity contribution in [3.05, 3.63) is 118 Å². The largest absolute Gasteiger partial charge is 0.454 e. The van der Waals surface area contributed by atoms with E-state index in [1.54, 1.807) is 31.5 Å². The van der Waals surface area contributed by atoms with E-state index in [0.29, 0.717) is 39.5 Å². The van der Waals surface area contributed by atoms with Crippen molar-refractivity contribution < 1.29 is 18.3 Å². The van der Waals surface area contributed by atoms with Crippen LogP contribution < -0.4 is 20.9 Å². The second kappa shape index (κ2) is 12.1. The number of benzene rings is 3. The Bertz CT molecular complexity index is 1870. The lowest BCUT2D eigenvalue weighted by molar-refractivity contribution is 0.102. The summed E-state index contributed by atoms with van der Waals surface area (Å²) in [6, 6.07) is 15.8. The average molecular weight is 583 g/mol. The number of pyridine rings is 1. The maximum absolute atomic E-state index is 15.3. The molecule has 0 saturated heterocycles. The molecule has 9 nitrogen and oxygen atoms in total. The molecular formula is C32H28F2N6O3. The van der Waals surface area contributed by atoms with E-state index in [4.69, 9.17) is 10.1 Å². The number of aromatic nitrogens is 3. The van der Waals surface area contributed by atoms with E-state index in [-0.39, 0.29) is 23.0 Å². The zero-order valence-electron chi connectivity index (χ0n) is 23.5. The van der Waals surface area contributed by atoms with Gasteiger partial charge in [-0.3, -0.25) is 19.3 Å². The van der Waals surface area contributed by atoms with Crippen molar-refractivity contribution in [2.24, 2.45) is 0 Å². The van der Waals surface area contributed by atoms with E-state index >= 15 is 4.39 Å². The number of hydrogen-bond donors (Lipinski definition) is 4. The Hall–Kier alpha value is -5.58. The Morgan fingerprint density at radius 2 is 1.81 bits per heavy atom. The number of aryl methyl sites for hydroxylation is 1. The van der Waals surface area contributed by atoms with Crippen molar-refractivity contribution in [3.63, 3.8) is 0 Å². The molecule has 2 heterocycles. The van der Waals surface area contributed by atoms with Gasteiger partial charge in [0.25, 0.3) is 11.5 Å². The van der Waals surface area contributed by atoms with Gasteiger partial charge in [-0.15, -0.1) is 0 Å². The third kappa shape index (κ3) is 6.20. The number of anilines is 2. The molecule has 5 rings (SSSR count). The van der Waals surface area contributed by atoms with Gasteiger partial charge in [0, 0.05) is 64.0 Å². The molecular weight excluding hydrogens is 554 g/mol. The Kier molecular flexibility index (Phi) is 8.15. The van der Waals surface area contributed by atoms with Crippen LogP contribution in [-0.4, -0.2) is 32.9 Å². The zero-order valence-corrected chi connectivity index (χ0v) is 23.5. The summed E-state index contributed by atoms with van der Waals surface area (Å²) in [5.74, 6) is -1.77. The molecule has 0 bridgehead atoms. The summed E-state index contributed by atoms with van der Waals surface area (Å²) in [7, 11) is 0. The minimum Gasteiger partial charge on any atom is -0.454 e. The molecule has 0 fully saturated rings. The fourth-order valence-corrected chi connectivity index (χ4v) is 4.55. The first kappa shape index (κ1) is 28.9. The summed E-state index contributed by atoms with van der Waals surface area (Å²) < 4.78 is 36.0. The van der Waals surface area contributed by atoms with Gasteiger partial charge in [0.1, 0.15) is 17.1 Å². The molecule has 43 heavy (non-hydrogen) atoms. The summed E-state index contributed by atoms with van der Waals surface area (Å²) in [5, 5.41) is 20.5. The molecule has 4 N–H and O–H groups in total. The Labute approximate surface area is 245 Å². The highest BCUT2D eigenvalue weighted by atomic mass is 19.1. The fraction of sp³-hybridized carbons (Fsp3) is 0.125. The molecule has 2 aromatic heterocycles. The summed E-state index contributed by atoms with van der Waals surface area (Å²) in [6.45, 7) is 5.65. The van der Waals surface area contributed by atoms with Gasteiger partial charge in [0.05, 0.1) is 6.20 Å². The lowest BCUT2D eigenvalue weighted by Gasteiger charge is -2.18. The van der Waals surface area contributed by atoms with Gasteiger partial charge in [-0.1, -0.05) is 0 Å². The second-order valence-corrected chi connectivity index (χ2v) is 10.1. The van der Waals surface area contributed by atoms with E-state index in [0.717, 1.165) is 6.07 Å². The van der Waals surface area contributed by atoms with E-state index in [2.05, 4.69) is 20.8 Å². The third-order valence-corrected chi connectivity index (χ3v) is 6.58. The number of hydrogen-bond acceptors (Lipinski definition) is 6. The maximum Gasteiger partial charge on any atom is 0.268 e. The fourth-order valence-electron chi connectivity index (χ4n) is 4.55. The first-order chi connectivity index (χ1) is 20.6. The van der Waals surface area contributed by atoms with E-state index in [1.165, 1.54) is 53.2 Å². The van der Waals surface area contributed by atoms with Crippen molar-refractivity contribution in [2.75, 3.05) is 10.6 Å². The number of nitrogens with zero attached hydrogens (tertiary/aromatic N) is 2. The highest BCUT2D eigenvalue weighted by Crippen LogP contribution is 2.38. The normalized spacial score (nSPS) is 10.9. The number of ether oxygens (including phenoxy) is 1. The average Bonchev–Trinajstić information content (AvgIpc) is 3.50. The lowest BCUT2D eigenvalue weighted by atomic mass is 10.0. The molecule has 218 valence electrons. The van der Waals surface area contributed by atoms with Crippen LogP contribution in [0.4, 0.5) is 20.2 Å². The summed E-state index contributed by atoms with van der Waals surface area (Å²) >= 11 is 0. The van der Waals surface area contributed by atoms with Gasteiger partial charge in [-0.05, 0) is 81.4 Å². The molecule has 0 aliphatic carbocycles. The molecule has 0 spiro atoms. The Morgan fingerprint density at radius 3 is 2.47 bits per heavy atom. The highest BCUT2D eigenvalue weighted by molar-refractivity contribution is 6.04. The van der Waals surface area contributed by atoms with Crippen LogP contribution in [0.25, 0.3) is 16.8 Å². The number of amides is 1. The van der Waals surface area contributed by atoms with Crippen molar-refractivity contribution >= 4 is 23.5 Å². The van der Waals surface area contributed by atoms with Crippen molar-refractivity contribution in [3.8, 4) is 28.3 Å². The van der Waals surface area contributed by atoms with Crippen LogP contribution in [0.1, 0.15) is 35.5 Å². The third-order valence-electron chi connectivity index (χ3n) is 6.58. The predicted octanol–water partition coefficient (Wildman–Crippen LogP) is 6.68. The Balaban J connectivity index is 1.42. The van der Waals surface area contributed by atoms with Crippen LogP contribution in [0.2, 0.25) is 0 Å². The van der Waals surface area contributed by atoms with Crippen LogP contribution in [0, 0.1) is 24.0 Å². The van der Waals surface area contributed by atoms with Gasteiger partial charge in [-0.25, -0.2) is 8.78 Å². The standard InChI is InChI=1S/C32H28F2N6O3/c1-18(2)38-28-14-26(21-16-36-37-17-21)30(12-20(28)15-35)43-29-11-7-23(13-27(29)34)39-31(41)25-10-4-19(3)40(32(25)42)24-8-5-22(33)6-9-24/h4-18,35,38H,1-3H3,(H,36,37)(H,39,41). The minimum atomic E-state index is -0.760. The van der Waals surface area contributed by atoms with Crippen LogP contribution in [0.15, 0.2) is 83.9 Å². The van der Waals surface area contributed by atoms with Crippen LogP contribution >= 0.6 is 0 Å². The topological polar surface area (TPSA) is 125 Å². The molecule has 0 aliphatic heterocycles. The quantitative estimate of drug-likeness (QED) is 0.144. The smallest absolute Gasteiger partial charge is 0.268 e. The van der Waals surface area contributed by atoms with Gasteiger partial charge in [0.15, 0.2) is 11.6 Å². The van der Waals surface area contributed by atoms with Crippen LogP contribution in [0.3, 0.4) is 0 Å². The number of carbonyl (C=O) groups is 1. The first-order valence-corrected chi connectivity index (χ1v) is 13.4. The van der Waals surface area contributed by atoms with Gasteiger partial charge >= 0.3 is 0 Å². The number of carbonyl (C=O) groups excluding carboxylic acids is 1. The van der Waals surface area contributed by atoms with E-state index < -0.39 is 23.1 Å². The zero-order chi connectivity index (χ0) is 30.7. The summed E-state index contributed by atoms with van der Waals surface area (Å²) in [6.07, 6.45) is 4.46. The molecule has 0 aliphatic rings. The molecule has 5 aromatic rings. The van der Waals surface area contributed by atoms with Gasteiger partial charge < -0.3 is 20.8 Å². The van der Waals surface area contributed by atoms with Crippen molar-refractivity contribution in [2.45, 2.75) is 26.8 Å². The van der Waals surface area contributed by atoms with E-state index in [1.807, 2.05) is 19.9 Å². The molecule has 3 aromatic carbocycles. The monoisotopic (exact) mass is 582 g/mol. The summed E-state index contributed by atoms with van der Waals surface area (Å²) in [5.41, 5.74) is 2.86. The molecule has 0 radical (unpaired) electrons. The van der Waals surface area contributed by atoms with Crippen molar-refractivity contribution in [1.82, 2.24) is 14.8 Å². The molecule has 1 amide bonds. The van der Waals surface area contributed by atoms with Crippen molar-refractivity contribution in [1.29, 1.82) is 5.41 Å². The van der Waals surface area contributed by atoms with Crippen LogP contribution in [0.5, 0.6) is 11.5 Å². The number of nitrogens with one attached hydrogen (secondary N) is 4. The maximum atomic E-state index is 15.3. The SMILES string of the molecule is Cc1ccc(C(=O)Nc2ccc(Oc3cc(C=N)c(NC(C)C)cc3-c3cn[nH]c3)c(F)c2)c(=O)n1-c1ccc(F)cc1. The molecule has 0 atom stereocenters. The second-order valence-electron chi connectivity index (χ2n) is 10.1. The Morgan fingerprint density at radius 1 is 1.05 bits per heavy atom. The summed E-state index contributed by atoms with van der Waals surface area (Å²) in [4.78, 5) is 26.2. The van der Waals surface area contributed by atoms with Gasteiger partial charge in [0.2, 0.25) is 0 Å². The highest BCUT2D eigenvalue weighted by Gasteiger charge is 2.18. The molecule has 0 unspecified atom stereocenters. The minimum absolute atomic E-state index is 0.105. The molecule has 0 saturated carbocycles. The molecule has 11 heteroatoms. The lowest BCUT2D eigenvalue weighted by Crippen LogP contribution is -2.29. The number of H-pyrrole nitrogens is 1. The van der Waals surface area contributed by atoms with Crippen LogP contribution in [-0.2, 0) is 0 Å². The predicted molar refractivity (Wildman–Crippen MR) is 162 cm³/mol. The number of halogens is 2. The number of aromatic amines is 1. The van der Waals surface area contributed by atoms with Gasteiger partial charge in [-0.2, -0.15) is 5.10 Å². The van der Waals surface area contributed by atoms with E-state index in [9.17, 15) is 14.0 Å². The number of rotatable bonds is 9. The first-order valence-electron chi connectivity index (χ1n) is 13.4.